The lowest BCUT2D eigenvalue weighted by Gasteiger charge is -2.15. The van der Waals surface area contributed by atoms with Crippen molar-refractivity contribution in [2.75, 3.05) is 12.8 Å². The molecule has 0 aliphatic carbocycles. The van der Waals surface area contributed by atoms with Crippen LogP contribution in [0.1, 0.15) is 22.7 Å². The zero-order valence-electron chi connectivity index (χ0n) is 10.7. The van der Waals surface area contributed by atoms with Crippen molar-refractivity contribution in [1.29, 1.82) is 0 Å². The summed E-state index contributed by atoms with van der Waals surface area (Å²) in [5, 5.41) is 0. The molecule has 4 N–H and O–H groups in total. The van der Waals surface area contributed by atoms with Crippen molar-refractivity contribution in [3.05, 3.63) is 59.2 Å². The van der Waals surface area contributed by atoms with Gasteiger partial charge in [-0.25, -0.2) is 0 Å². The summed E-state index contributed by atoms with van der Waals surface area (Å²) in [7, 11) is 1.65. The number of rotatable bonds is 3. The average Bonchev–Trinajstić information content (AvgIpc) is 2.38. The lowest BCUT2D eigenvalue weighted by molar-refractivity contribution is 0.414. The second-order valence-corrected chi connectivity index (χ2v) is 4.38. The normalized spacial score (nSPS) is 12.2. The van der Waals surface area contributed by atoms with Crippen molar-refractivity contribution in [3.8, 4) is 5.75 Å². The second kappa shape index (κ2) is 5.10. The third-order valence-corrected chi connectivity index (χ3v) is 3.05. The molecule has 2 aromatic carbocycles. The third kappa shape index (κ3) is 2.46. The monoisotopic (exact) mass is 242 g/mol. The van der Waals surface area contributed by atoms with Gasteiger partial charge in [0, 0.05) is 5.69 Å². The van der Waals surface area contributed by atoms with E-state index in [4.69, 9.17) is 16.2 Å². The highest BCUT2D eigenvalue weighted by Gasteiger charge is 2.11. The number of aryl methyl sites for hydroxylation is 1. The maximum Gasteiger partial charge on any atom is 0.118 e. The molecule has 0 amide bonds. The summed E-state index contributed by atoms with van der Waals surface area (Å²) in [5.41, 5.74) is 16.1. The molecule has 0 heterocycles. The standard InChI is InChI=1S/C15H18N2O/c1-10-3-8-13(14(16)9-10)15(17)11-4-6-12(18-2)7-5-11/h3-9,15H,16-17H2,1-2H3. The molecule has 94 valence electrons. The number of hydrogen-bond donors (Lipinski definition) is 2. The van der Waals surface area contributed by atoms with E-state index in [0.29, 0.717) is 0 Å². The van der Waals surface area contributed by atoms with Gasteiger partial charge < -0.3 is 16.2 Å². The first kappa shape index (κ1) is 12.5. The molecule has 3 heteroatoms. The molecule has 0 bridgehead atoms. The number of nitrogens with two attached hydrogens (primary N) is 2. The van der Waals surface area contributed by atoms with Crippen LogP contribution in [-0.4, -0.2) is 7.11 Å². The van der Waals surface area contributed by atoms with Crippen molar-refractivity contribution in [1.82, 2.24) is 0 Å². The van der Waals surface area contributed by atoms with Crippen LogP contribution in [0.5, 0.6) is 5.75 Å². The number of methoxy groups -OCH3 is 1. The first-order valence-corrected chi connectivity index (χ1v) is 5.87. The Hall–Kier alpha value is -2.00. The Morgan fingerprint density at radius 1 is 1.06 bits per heavy atom. The van der Waals surface area contributed by atoms with Crippen LogP contribution in [0.25, 0.3) is 0 Å². The molecule has 0 fully saturated rings. The molecule has 3 nitrogen and oxygen atoms in total. The zero-order chi connectivity index (χ0) is 13.1. The summed E-state index contributed by atoms with van der Waals surface area (Å²) < 4.78 is 5.13. The lowest BCUT2D eigenvalue weighted by atomic mass is 9.97. The highest BCUT2D eigenvalue weighted by atomic mass is 16.5. The average molecular weight is 242 g/mol. The fraction of sp³-hybridized carbons (Fsp3) is 0.200. The van der Waals surface area contributed by atoms with Gasteiger partial charge in [0.1, 0.15) is 5.75 Å². The summed E-state index contributed by atoms with van der Waals surface area (Å²) >= 11 is 0. The first-order valence-electron chi connectivity index (χ1n) is 5.87. The van der Waals surface area contributed by atoms with Crippen LogP contribution in [0.4, 0.5) is 5.69 Å². The van der Waals surface area contributed by atoms with Gasteiger partial charge in [0.05, 0.1) is 13.2 Å². The predicted octanol–water partition coefficient (Wildman–Crippen LogP) is 2.63. The maximum absolute atomic E-state index is 6.24. The van der Waals surface area contributed by atoms with Gasteiger partial charge in [-0.15, -0.1) is 0 Å². The van der Waals surface area contributed by atoms with Crippen LogP contribution in [0.2, 0.25) is 0 Å². The molecule has 0 aliphatic rings. The third-order valence-electron chi connectivity index (χ3n) is 3.05. The molecule has 2 rings (SSSR count). The Balaban J connectivity index is 2.31. The maximum atomic E-state index is 6.24. The van der Waals surface area contributed by atoms with Crippen LogP contribution >= 0.6 is 0 Å². The van der Waals surface area contributed by atoms with E-state index in [0.717, 1.165) is 28.1 Å². The minimum atomic E-state index is -0.212. The van der Waals surface area contributed by atoms with Gasteiger partial charge in [0.25, 0.3) is 0 Å². The van der Waals surface area contributed by atoms with Gasteiger partial charge in [-0.05, 0) is 41.8 Å². The molecule has 0 saturated carbocycles. The van der Waals surface area contributed by atoms with Gasteiger partial charge in [0.2, 0.25) is 0 Å². The van der Waals surface area contributed by atoms with E-state index >= 15 is 0 Å². The fourth-order valence-corrected chi connectivity index (χ4v) is 1.97. The van der Waals surface area contributed by atoms with E-state index in [1.807, 2.05) is 49.4 Å². The molecule has 18 heavy (non-hydrogen) atoms. The van der Waals surface area contributed by atoms with Crippen molar-refractivity contribution in [3.63, 3.8) is 0 Å². The van der Waals surface area contributed by atoms with Crippen LogP contribution in [-0.2, 0) is 0 Å². The minimum absolute atomic E-state index is 0.212. The van der Waals surface area contributed by atoms with E-state index in [-0.39, 0.29) is 6.04 Å². The van der Waals surface area contributed by atoms with Crippen LogP contribution in [0.3, 0.4) is 0 Å². The zero-order valence-corrected chi connectivity index (χ0v) is 10.7. The van der Waals surface area contributed by atoms with E-state index in [1.165, 1.54) is 0 Å². The van der Waals surface area contributed by atoms with Gasteiger partial charge in [0.15, 0.2) is 0 Å². The van der Waals surface area contributed by atoms with Crippen molar-refractivity contribution in [2.24, 2.45) is 5.73 Å². The number of benzene rings is 2. The topological polar surface area (TPSA) is 61.3 Å². The van der Waals surface area contributed by atoms with E-state index in [9.17, 15) is 0 Å². The van der Waals surface area contributed by atoms with E-state index in [2.05, 4.69) is 0 Å². The molecular formula is C15H18N2O. The quantitative estimate of drug-likeness (QED) is 0.813. The van der Waals surface area contributed by atoms with Crippen LogP contribution in [0, 0.1) is 6.92 Å². The molecular weight excluding hydrogens is 224 g/mol. The smallest absolute Gasteiger partial charge is 0.118 e. The molecule has 0 aliphatic heterocycles. The summed E-state index contributed by atoms with van der Waals surface area (Å²) in [4.78, 5) is 0. The molecule has 0 spiro atoms. The number of nitrogen functional groups attached to an aromatic ring is 1. The van der Waals surface area contributed by atoms with Gasteiger partial charge in [-0.1, -0.05) is 24.3 Å². The fourth-order valence-electron chi connectivity index (χ4n) is 1.97. The first-order chi connectivity index (χ1) is 8.61. The Morgan fingerprint density at radius 3 is 2.28 bits per heavy atom. The van der Waals surface area contributed by atoms with E-state index in [1.54, 1.807) is 7.11 Å². The molecule has 0 saturated heterocycles. The van der Waals surface area contributed by atoms with Gasteiger partial charge >= 0.3 is 0 Å². The van der Waals surface area contributed by atoms with Crippen LogP contribution < -0.4 is 16.2 Å². The largest absolute Gasteiger partial charge is 0.497 e. The lowest BCUT2D eigenvalue weighted by Crippen LogP contribution is -2.13. The summed E-state index contributed by atoms with van der Waals surface area (Å²) in [6.45, 7) is 2.01. The van der Waals surface area contributed by atoms with E-state index < -0.39 is 0 Å². The molecule has 1 unspecified atom stereocenters. The predicted molar refractivity (Wildman–Crippen MR) is 74.6 cm³/mol. The van der Waals surface area contributed by atoms with Crippen molar-refractivity contribution in [2.45, 2.75) is 13.0 Å². The minimum Gasteiger partial charge on any atom is -0.497 e. The van der Waals surface area contributed by atoms with Gasteiger partial charge in [-0.2, -0.15) is 0 Å². The Bertz CT molecular complexity index is 535. The summed E-state index contributed by atoms with van der Waals surface area (Å²) in [5.74, 6) is 0.822. The SMILES string of the molecule is COc1ccc(C(N)c2ccc(C)cc2N)cc1. The Labute approximate surface area is 107 Å². The van der Waals surface area contributed by atoms with Crippen LogP contribution in [0.15, 0.2) is 42.5 Å². The number of hydrogen-bond acceptors (Lipinski definition) is 3. The number of anilines is 1. The molecule has 2 aromatic rings. The summed E-state index contributed by atoms with van der Waals surface area (Å²) in [6.07, 6.45) is 0. The Morgan fingerprint density at radius 2 is 1.72 bits per heavy atom. The Kier molecular flexibility index (Phi) is 3.53. The highest BCUT2D eigenvalue weighted by molar-refractivity contribution is 5.53. The second-order valence-electron chi connectivity index (χ2n) is 4.38. The van der Waals surface area contributed by atoms with Crippen molar-refractivity contribution < 1.29 is 4.74 Å². The molecule has 0 radical (unpaired) electrons. The number of ether oxygens (including phenoxy) is 1. The highest BCUT2D eigenvalue weighted by Crippen LogP contribution is 2.26. The van der Waals surface area contributed by atoms with Crippen molar-refractivity contribution >= 4 is 5.69 Å². The molecule has 0 aromatic heterocycles. The summed E-state index contributed by atoms with van der Waals surface area (Å²) in [6, 6.07) is 13.5. The molecule has 1 atom stereocenters. The van der Waals surface area contributed by atoms with Gasteiger partial charge in [-0.3, -0.25) is 0 Å².